The molecule has 1 heterocycles. The van der Waals surface area contributed by atoms with Gasteiger partial charge < -0.3 is 14.8 Å². The number of hydrogen-bond donors (Lipinski definition) is 1. The molecule has 0 saturated carbocycles. The van der Waals surface area contributed by atoms with E-state index >= 15 is 0 Å². The van der Waals surface area contributed by atoms with Gasteiger partial charge in [-0.25, -0.2) is 0 Å². The number of ether oxygens (including phenoxy) is 2. The monoisotopic (exact) mass is 291 g/mol. The molecule has 2 rings (SSSR count). The van der Waals surface area contributed by atoms with Crippen molar-refractivity contribution in [3.05, 3.63) is 23.8 Å². The van der Waals surface area contributed by atoms with Gasteiger partial charge in [0.15, 0.2) is 11.5 Å². The Morgan fingerprint density at radius 1 is 1.14 bits per heavy atom. The highest BCUT2D eigenvalue weighted by molar-refractivity contribution is 5.43. The predicted molar refractivity (Wildman–Crippen MR) is 87.3 cm³/mol. The molecule has 3 nitrogen and oxygen atoms in total. The van der Waals surface area contributed by atoms with Crippen LogP contribution in [0.5, 0.6) is 11.5 Å². The largest absolute Gasteiger partial charge is 0.490 e. The molecule has 1 aromatic carbocycles. The van der Waals surface area contributed by atoms with Crippen LogP contribution < -0.4 is 14.8 Å². The third-order valence-electron chi connectivity index (χ3n) is 3.89. The summed E-state index contributed by atoms with van der Waals surface area (Å²) in [4.78, 5) is 0. The van der Waals surface area contributed by atoms with Crippen molar-refractivity contribution >= 4 is 0 Å². The predicted octanol–water partition coefficient (Wildman–Crippen LogP) is 3.80. The molecule has 0 radical (unpaired) electrons. The Bertz CT molecular complexity index is 455. The van der Waals surface area contributed by atoms with Crippen molar-refractivity contribution in [2.24, 2.45) is 5.41 Å². The average Bonchev–Trinajstić information content (AvgIpc) is 2.68. The second-order valence-corrected chi connectivity index (χ2v) is 7.03. The van der Waals surface area contributed by atoms with Crippen LogP contribution in [0.2, 0.25) is 0 Å². The lowest BCUT2D eigenvalue weighted by Gasteiger charge is -2.26. The number of rotatable bonds is 6. The Hall–Kier alpha value is -1.22. The van der Waals surface area contributed by atoms with Crippen LogP contribution in [0, 0.1) is 5.41 Å². The van der Waals surface area contributed by atoms with Crippen molar-refractivity contribution in [2.45, 2.75) is 53.0 Å². The number of hydrogen-bond acceptors (Lipinski definition) is 3. The third kappa shape index (κ3) is 5.24. The Balaban J connectivity index is 1.92. The van der Waals surface area contributed by atoms with Gasteiger partial charge in [-0.2, -0.15) is 0 Å². The lowest BCUT2D eigenvalue weighted by Crippen LogP contribution is -2.34. The molecule has 0 aromatic heterocycles. The molecule has 0 fully saturated rings. The fourth-order valence-corrected chi connectivity index (χ4v) is 2.41. The first-order valence-corrected chi connectivity index (χ1v) is 8.08. The van der Waals surface area contributed by atoms with E-state index in [2.05, 4.69) is 51.2 Å². The van der Waals surface area contributed by atoms with E-state index in [1.54, 1.807) is 0 Å². The van der Waals surface area contributed by atoms with Crippen molar-refractivity contribution in [2.75, 3.05) is 19.8 Å². The van der Waals surface area contributed by atoms with E-state index < -0.39 is 0 Å². The summed E-state index contributed by atoms with van der Waals surface area (Å²) >= 11 is 0. The summed E-state index contributed by atoms with van der Waals surface area (Å²) in [6.45, 7) is 11.6. The summed E-state index contributed by atoms with van der Waals surface area (Å²) in [7, 11) is 0. The molecular formula is C18H29NO2. The van der Waals surface area contributed by atoms with Gasteiger partial charge in [-0.3, -0.25) is 0 Å². The summed E-state index contributed by atoms with van der Waals surface area (Å²) in [6.07, 6.45) is 3.19. The van der Waals surface area contributed by atoms with E-state index in [0.29, 0.717) is 11.5 Å². The maximum atomic E-state index is 5.76. The van der Waals surface area contributed by atoms with Gasteiger partial charge in [0.25, 0.3) is 0 Å². The van der Waals surface area contributed by atoms with E-state index in [1.807, 2.05) is 0 Å². The van der Waals surface area contributed by atoms with Crippen LogP contribution >= 0.6 is 0 Å². The first-order chi connectivity index (χ1) is 9.96. The lowest BCUT2D eigenvalue weighted by atomic mass is 9.86. The van der Waals surface area contributed by atoms with E-state index in [0.717, 1.165) is 50.5 Å². The van der Waals surface area contributed by atoms with Crippen molar-refractivity contribution in [1.82, 2.24) is 5.32 Å². The molecule has 0 atom stereocenters. The van der Waals surface area contributed by atoms with Crippen LogP contribution in [0.15, 0.2) is 18.2 Å². The zero-order chi connectivity index (χ0) is 15.3. The minimum Gasteiger partial charge on any atom is -0.490 e. The summed E-state index contributed by atoms with van der Waals surface area (Å²) in [5, 5.41) is 3.54. The molecular weight excluding hydrogens is 262 g/mol. The summed E-state index contributed by atoms with van der Waals surface area (Å²) in [5.74, 6) is 1.79. The van der Waals surface area contributed by atoms with Crippen LogP contribution in [0.3, 0.4) is 0 Å². The number of fused-ring (bicyclic) bond motifs is 1. The maximum Gasteiger partial charge on any atom is 0.161 e. The Morgan fingerprint density at radius 3 is 2.57 bits per heavy atom. The smallest absolute Gasteiger partial charge is 0.161 e. The normalized spacial score (nSPS) is 15.1. The molecule has 118 valence electrons. The molecule has 21 heavy (non-hydrogen) atoms. The zero-order valence-corrected chi connectivity index (χ0v) is 13.9. The highest BCUT2D eigenvalue weighted by atomic mass is 16.5. The third-order valence-corrected chi connectivity index (χ3v) is 3.89. The van der Waals surface area contributed by atoms with Crippen molar-refractivity contribution < 1.29 is 9.47 Å². The van der Waals surface area contributed by atoms with E-state index in [9.17, 15) is 0 Å². The summed E-state index contributed by atoms with van der Waals surface area (Å²) in [5.41, 5.74) is 1.63. The molecule has 1 aliphatic rings. The molecule has 0 spiro atoms. The van der Waals surface area contributed by atoms with Crippen molar-refractivity contribution in [3.8, 4) is 11.5 Å². The van der Waals surface area contributed by atoms with Gasteiger partial charge >= 0.3 is 0 Å². The molecule has 0 unspecified atom stereocenters. The molecule has 3 heteroatoms. The highest BCUT2D eigenvalue weighted by Crippen LogP contribution is 2.32. The topological polar surface area (TPSA) is 30.5 Å². The zero-order valence-electron chi connectivity index (χ0n) is 13.9. The minimum atomic E-state index is 0.300. The highest BCUT2D eigenvalue weighted by Gasteiger charge is 2.18. The second-order valence-electron chi connectivity index (χ2n) is 7.03. The minimum absolute atomic E-state index is 0.300. The summed E-state index contributed by atoms with van der Waals surface area (Å²) in [6, 6.07) is 6.91. The SMILES string of the molecule is CC(C)NCC(C)(C)CCc1ccc2c(c1)OCCCO2. The Kier molecular flexibility index (Phi) is 5.51. The van der Waals surface area contributed by atoms with Crippen molar-refractivity contribution in [3.63, 3.8) is 0 Å². The van der Waals surface area contributed by atoms with E-state index in [1.165, 1.54) is 5.56 Å². The van der Waals surface area contributed by atoms with E-state index in [-0.39, 0.29) is 0 Å². The standard InChI is InChI=1S/C18H29NO2/c1-14(2)19-13-18(3,4)9-8-15-6-7-16-17(12-15)21-11-5-10-20-16/h6-7,12,14,19H,5,8-11,13H2,1-4H3. The number of nitrogens with one attached hydrogen (secondary N) is 1. The van der Waals surface area contributed by atoms with Crippen LogP contribution in [0.25, 0.3) is 0 Å². The van der Waals surface area contributed by atoms with Crippen LogP contribution in [0.1, 0.15) is 46.1 Å². The van der Waals surface area contributed by atoms with Gasteiger partial charge in [-0.15, -0.1) is 0 Å². The molecule has 0 amide bonds. The molecule has 1 aromatic rings. The van der Waals surface area contributed by atoms with Gasteiger partial charge in [0.05, 0.1) is 13.2 Å². The van der Waals surface area contributed by atoms with Gasteiger partial charge in [0.2, 0.25) is 0 Å². The van der Waals surface area contributed by atoms with E-state index in [4.69, 9.17) is 9.47 Å². The first-order valence-electron chi connectivity index (χ1n) is 8.08. The molecule has 0 bridgehead atoms. The molecule has 1 N–H and O–H groups in total. The van der Waals surface area contributed by atoms with Crippen LogP contribution in [-0.4, -0.2) is 25.8 Å². The van der Waals surface area contributed by atoms with Crippen LogP contribution in [0.4, 0.5) is 0 Å². The lowest BCUT2D eigenvalue weighted by molar-refractivity contribution is 0.296. The molecule has 1 aliphatic heterocycles. The maximum absolute atomic E-state index is 5.76. The first kappa shape index (κ1) is 16.2. The number of benzene rings is 1. The average molecular weight is 291 g/mol. The van der Waals surface area contributed by atoms with Crippen molar-refractivity contribution in [1.29, 1.82) is 0 Å². The fourth-order valence-electron chi connectivity index (χ4n) is 2.41. The molecule has 0 saturated heterocycles. The van der Waals surface area contributed by atoms with Gasteiger partial charge in [-0.1, -0.05) is 33.8 Å². The molecule has 0 aliphatic carbocycles. The van der Waals surface area contributed by atoms with Gasteiger partial charge in [-0.05, 0) is 36.0 Å². The number of aryl methyl sites for hydroxylation is 1. The second kappa shape index (κ2) is 7.17. The fraction of sp³-hybridized carbons (Fsp3) is 0.667. The Morgan fingerprint density at radius 2 is 1.86 bits per heavy atom. The Labute approximate surface area is 129 Å². The van der Waals surface area contributed by atoms with Gasteiger partial charge in [0, 0.05) is 19.0 Å². The summed E-state index contributed by atoms with van der Waals surface area (Å²) < 4.78 is 11.4. The van der Waals surface area contributed by atoms with Crippen LogP contribution in [-0.2, 0) is 6.42 Å². The quantitative estimate of drug-likeness (QED) is 0.864. The van der Waals surface area contributed by atoms with Gasteiger partial charge in [0.1, 0.15) is 0 Å².